The van der Waals surface area contributed by atoms with E-state index in [-0.39, 0.29) is 0 Å². The molecule has 132 valence electrons. The predicted octanol–water partition coefficient (Wildman–Crippen LogP) is 3.85. The van der Waals surface area contributed by atoms with Gasteiger partial charge in [-0.05, 0) is 30.7 Å². The van der Waals surface area contributed by atoms with Crippen molar-refractivity contribution in [2.45, 2.75) is 13.5 Å². The van der Waals surface area contributed by atoms with Gasteiger partial charge < -0.3 is 10.1 Å². The lowest BCUT2D eigenvalue weighted by Gasteiger charge is -2.10. The number of hydrogen-bond acceptors (Lipinski definition) is 7. The zero-order valence-electron chi connectivity index (χ0n) is 14.1. The third-order valence-electron chi connectivity index (χ3n) is 3.80. The molecule has 3 aromatic heterocycles. The fraction of sp³-hybridized carbons (Fsp3) is 0.176. The van der Waals surface area contributed by atoms with E-state index in [0.29, 0.717) is 23.3 Å². The molecule has 0 saturated carbocycles. The topological polar surface area (TPSA) is 77.8 Å². The zero-order chi connectivity index (χ0) is 18.1. The first-order valence-electron chi connectivity index (χ1n) is 7.83. The molecule has 0 radical (unpaired) electrons. The largest absolute Gasteiger partial charge is 0.495 e. The second-order valence-corrected chi connectivity index (χ2v) is 7.25. The van der Waals surface area contributed by atoms with Crippen molar-refractivity contribution in [2.24, 2.45) is 0 Å². The van der Waals surface area contributed by atoms with E-state index in [0.717, 1.165) is 21.6 Å². The highest BCUT2D eigenvalue weighted by Gasteiger charge is 2.12. The molecule has 1 aromatic carbocycles. The van der Waals surface area contributed by atoms with Gasteiger partial charge in [0.05, 0.1) is 17.5 Å². The number of methoxy groups -OCH3 is 1. The third kappa shape index (κ3) is 3.21. The molecule has 4 rings (SSSR count). The minimum atomic E-state index is 0.479. The van der Waals surface area contributed by atoms with Crippen LogP contribution in [0.1, 0.15) is 10.4 Å². The van der Waals surface area contributed by atoms with E-state index < -0.39 is 0 Å². The van der Waals surface area contributed by atoms with E-state index in [1.807, 2.05) is 18.2 Å². The lowest BCUT2D eigenvalue weighted by atomic mass is 10.2. The molecule has 4 aromatic rings. The van der Waals surface area contributed by atoms with Gasteiger partial charge in [-0.25, -0.2) is 4.98 Å². The number of halogens is 1. The van der Waals surface area contributed by atoms with Crippen molar-refractivity contribution in [3.8, 4) is 11.7 Å². The van der Waals surface area contributed by atoms with Crippen LogP contribution in [0.3, 0.4) is 0 Å². The monoisotopic (exact) mass is 386 g/mol. The Morgan fingerprint density at radius 2 is 2.15 bits per heavy atom. The Hall–Kier alpha value is -2.71. The molecule has 3 heterocycles. The van der Waals surface area contributed by atoms with Gasteiger partial charge in [0.2, 0.25) is 0 Å². The maximum Gasteiger partial charge on any atom is 0.255 e. The van der Waals surface area contributed by atoms with Gasteiger partial charge in [0.25, 0.3) is 5.95 Å². The molecular weight excluding hydrogens is 372 g/mol. The molecule has 0 unspecified atom stereocenters. The maximum atomic E-state index is 6.21. The average molecular weight is 387 g/mol. The van der Waals surface area contributed by atoms with Gasteiger partial charge in [-0.2, -0.15) is 19.7 Å². The number of aryl methyl sites for hydroxylation is 1. The standard InChI is InChI=1S/C17H15ClN6OS/c1-10-5-12-15(20-7-11-3-4-14(25-2)13(18)6-11)22-17(23-16(12)26-10)24-9-19-8-21-24/h3-6,8-9H,7H2,1-2H3,(H,20,22,23). The molecule has 0 aliphatic rings. The van der Waals surface area contributed by atoms with Crippen molar-refractivity contribution in [1.82, 2.24) is 24.7 Å². The molecule has 0 amide bonds. The highest BCUT2D eigenvalue weighted by molar-refractivity contribution is 7.18. The number of benzene rings is 1. The summed E-state index contributed by atoms with van der Waals surface area (Å²) >= 11 is 7.82. The van der Waals surface area contributed by atoms with E-state index in [1.165, 1.54) is 11.2 Å². The smallest absolute Gasteiger partial charge is 0.255 e. The first-order chi connectivity index (χ1) is 12.6. The van der Waals surface area contributed by atoms with E-state index in [9.17, 15) is 0 Å². The third-order valence-corrected chi connectivity index (χ3v) is 5.04. The number of nitrogens with zero attached hydrogens (tertiary/aromatic N) is 5. The first-order valence-corrected chi connectivity index (χ1v) is 9.03. The van der Waals surface area contributed by atoms with Crippen LogP contribution in [0.15, 0.2) is 36.9 Å². The van der Waals surface area contributed by atoms with Crippen molar-refractivity contribution in [2.75, 3.05) is 12.4 Å². The average Bonchev–Trinajstić information content (AvgIpc) is 3.28. The van der Waals surface area contributed by atoms with Crippen molar-refractivity contribution in [3.63, 3.8) is 0 Å². The van der Waals surface area contributed by atoms with E-state index >= 15 is 0 Å². The van der Waals surface area contributed by atoms with Gasteiger partial charge in [-0.15, -0.1) is 11.3 Å². The number of fused-ring (bicyclic) bond motifs is 1. The van der Waals surface area contributed by atoms with E-state index in [2.05, 4.69) is 38.4 Å². The second-order valence-electron chi connectivity index (χ2n) is 5.61. The Kier molecular flexibility index (Phi) is 4.44. The molecule has 1 N–H and O–H groups in total. The molecule has 0 saturated heterocycles. The zero-order valence-corrected chi connectivity index (χ0v) is 15.7. The van der Waals surface area contributed by atoms with Crippen molar-refractivity contribution in [1.29, 1.82) is 0 Å². The molecule has 0 fully saturated rings. The summed E-state index contributed by atoms with van der Waals surface area (Å²) in [7, 11) is 1.60. The second kappa shape index (κ2) is 6.89. The minimum absolute atomic E-state index is 0.479. The predicted molar refractivity (Wildman–Crippen MR) is 102 cm³/mol. The van der Waals surface area contributed by atoms with Crippen LogP contribution >= 0.6 is 22.9 Å². The summed E-state index contributed by atoms with van der Waals surface area (Å²) in [5.74, 6) is 1.88. The van der Waals surface area contributed by atoms with Crippen LogP contribution in [-0.2, 0) is 6.54 Å². The summed E-state index contributed by atoms with van der Waals surface area (Å²) in [4.78, 5) is 15.2. The molecule has 26 heavy (non-hydrogen) atoms. The number of ether oxygens (including phenoxy) is 1. The first kappa shape index (κ1) is 16.7. The van der Waals surface area contributed by atoms with Crippen LogP contribution in [-0.4, -0.2) is 31.8 Å². The van der Waals surface area contributed by atoms with Crippen LogP contribution in [0.2, 0.25) is 5.02 Å². The van der Waals surface area contributed by atoms with E-state index in [1.54, 1.807) is 29.5 Å². The van der Waals surface area contributed by atoms with Gasteiger partial charge >= 0.3 is 0 Å². The van der Waals surface area contributed by atoms with Gasteiger partial charge in [-0.1, -0.05) is 17.7 Å². The number of thiophene rings is 1. The molecule has 0 atom stereocenters. The number of rotatable bonds is 5. The summed E-state index contributed by atoms with van der Waals surface area (Å²) < 4.78 is 6.74. The lowest BCUT2D eigenvalue weighted by molar-refractivity contribution is 0.415. The summed E-state index contributed by atoms with van der Waals surface area (Å²) in [6.45, 7) is 2.62. The molecule has 9 heteroatoms. The van der Waals surface area contributed by atoms with Crippen LogP contribution in [0.5, 0.6) is 5.75 Å². The van der Waals surface area contributed by atoms with Crippen molar-refractivity contribution >= 4 is 39.0 Å². The Morgan fingerprint density at radius 3 is 2.88 bits per heavy atom. The van der Waals surface area contributed by atoms with E-state index in [4.69, 9.17) is 16.3 Å². The number of aromatic nitrogens is 5. The number of hydrogen-bond donors (Lipinski definition) is 1. The van der Waals surface area contributed by atoms with Crippen molar-refractivity contribution < 1.29 is 4.74 Å². The molecule has 0 aliphatic heterocycles. The van der Waals surface area contributed by atoms with Crippen LogP contribution < -0.4 is 10.1 Å². The van der Waals surface area contributed by atoms with Gasteiger partial charge in [0, 0.05) is 11.4 Å². The molecule has 0 spiro atoms. The molecule has 0 bridgehead atoms. The summed E-state index contributed by atoms with van der Waals surface area (Å²) in [5, 5.41) is 9.06. The highest BCUT2D eigenvalue weighted by atomic mass is 35.5. The minimum Gasteiger partial charge on any atom is -0.495 e. The van der Waals surface area contributed by atoms with Crippen LogP contribution in [0, 0.1) is 6.92 Å². The quantitative estimate of drug-likeness (QED) is 0.561. The summed E-state index contributed by atoms with van der Waals surface area (Å²) in [6, 6.07) is 7.77. The fourth-order valence-electron chi connectivity index (χ4n) is 2.59. The Labute approximate surface area is 158 Å². The maximum absolute atomic E-state index is 6.21. The van der Waals surface area contributed by atoms with Gasteiger partial charge in [-0.3, -0.25) is 0 Å². The summed E-state index contributed by atoms with van der Waals surface area (Å²) in [5.41, 5.74) is 1.02. The molecule has 7 nitrogen and oxygen atoms in total. The van der Waals surface area contributed by atoms with Gasteiger partial charge in [0.1, 0.15) is 29.1 Å². The lowest BCUT2D eigenvalue weighted by Crippen LogP contribution is -2.07. The summed E-state index contributed by atoms with van der Waals surface area (Å²) in [6.07, 6.45) is 3.04. The Morgan fingerprint density at radius 1 is 1.27 bits per heavy atom. The Bertz CT molecular complexity index is 1060. The van der Waals surface area contributed by atoms with Crippen molar-refractivity contribution in [3.05, 3.63) is 52.4 Å². The molecular formula is C17H15ClN6OS. The number of anilines is 1. The highest BCUT2D eigenvalue weighted by Crippen LogP contribution is 2.30. The van der Waals surface area contributed by atoms with Crippen LogP contribution in [0.25, 0.3) is 16.2 Å². The number of nitrogens with one attached hydrogen (secondary N) is 1. The molecule has 0 aliphatic carbocycles. The van der Waals surface area contributed by atoms with Gasteiger partial charge in [0.15, 0.2) is 0 Å². The fourth-order valence-corrected chi connectivity index (χ4v) is 3.74. The Balaban J connectivity index is 1.67. The normalized spacial score (nSPS) is 11.0. The van der Waals surface area contributed by atoms with Crippen LogP contribution in [0.4, 0.5) is 5.82 Å². The SMILES string of the molecule is COc1ccc(CNc2nc(-n3cncn3)nc3sc(C)cc23)cc1Cl.